The van der Waals surface area contributed by atoms with E-state index in [-0.39, 0.29) is 0 Å². The van der Waals surface area contributed by atoms with Gasteiger partial charge in [-0.25, -0.2) is 0 Å². The molecule has 0 amide bonds. The lowest BCUT2D eigenvalue weighted by molar-refractivity contribution is 0.0479. The molecule has 0 radical (unpaired) electrons. The molecule has 4 unspecified atom stereocenters. The maximum absolute atomic E-state index is 6.52. The van der Waals surface area contributed by atoms with Crippen LogP contribution in [0.2, 0.25) is 0 Å². The molecule has 2 saturated heterocycles. The fourth-order valence-electron chi connectivity index (χ4n) is 7.94. The second-order valence-corrected chi connectivity index (χ2v) is 13.4. The molecule has 1 spiro atoms. The fourth-order valence-corrected chi connectivity index (χ4v) is 8.82. The summed E-state index contributed by atoms with van der Waals surface area (Å²) in [5.74, 6) is 3.03. The Bertz CT molecular complexity index is 639. The molecule has 2 aliphatic heterocycles. The highest BCUT2D eigenvalue weighted by Crippen LogP contribution is 2.80. The van der Waals surface area contributed by atoms with Crippen LogP contribution in [0.15, 0.2) is 0 Å². The zero-order valence-corrected chi connectivity index (χ0v) is 20.2. The molecule has 3 aliphatic carbocycles. The fraction of sp³-hybridized carbons (Fsp3) is 1.00. The molecule has 5 fully saturated rings. The lowest BCUT2D eigenvalue weighted by Gasteiger charge is -2.44. The van der Waals surface area contributed by atoms with Gasteiger partial charge < -0.3 is 0 Å². The van der Waals surface area contributed by atoms with Gasteiger partial charge in [0.1, 0.15) is 4.33 Å². The average molecular weight is 428 g/mol. The normalized spacial score (nSPS) is 44.0. The van der Waals surface area contributed by atoms with Crippen LogP contribution >= 0.6 is 23.2 Å². The van der Waals surface area contributed by atoms with Gasteiger partial charge in [-0.2, -0.15) is 0 Å². The molecule has 5 aliphatic rings. The van der Waals surface area contributed by atoms with E-state index in [1.165, 1.54) is 38.6 Å². The van der Waals surface area contributed by atoms with Crippen LogP contribution in [-0.2, 0) is 0 Å². The molecule has 2 heterocycles. The van der Waals surface area contributed by atoms with Crippen molar-refractivity contribution in [3.8, 4) is 0 Å². The highest BCUT2D eigenvalue weighted by molar-refractivity contribution is 6.51. The van der Waals surface area contributed by atoms with Crippen LogP contribution in [0.25, 0.3) is 0 Å². The molecule has 4 heteroatoms. The van der Waals surface area contributed by atoms with E-state index in [4.69, 9.17) is 23.2 Å². The summed E-state index contributed by atoms with van der Waals surface area (Å²) in [5.41, 5.74) is 1.20. The summed E-state index contributed by atoms with van der Waals surface area (Å²) in [4.78, 5) is 5.60. The standard InChI is InChI=1S/C24H40Cl2N2/c1-7-18-19-17(24(19,25)26)13-28(18)15(4)8-9-22(5,6)21-20-16(23(20)10-11-23)12-27(21)14(2)3/h14-21H,7-13H2,1-6H3/t15?,16-,17?,18?,19-,20-,21?/m0/s1. The number of fused-ring (bicyclic) bond motifs is 4. The number of hydrogen-bond donors (Lipinski definition) is 0. The van der Waals surface area contributed by atoms with Crippen LogP contribution in [0.3, 0.4) is 0 Å². The van der Waals surface area contributed by atoms with Crippen LogP contribution in [0, 0.1) is 34.5 Å². The lowest BCUT2D eigenvalue weighted by atomic mass is 9.75. The number of hydrogen-bond acceptors (Lipinski definition) is 2. The monoisotopic (exact) mass is 426 g/mol. The van der Waals surface area contributed by atoms with Gasteiger partial charge >= 0.3 is 0 Å². The van der Waals surface area contributed by atoms with Crippen LogP contribution in [-0.4, -0.2) is 51.4 Å². The number of rotatable bonds is 7. The zero-order chi connectivity index (χ0) is 20.2. The summed E-state index contributed by atoms with van der Waals surface area (Å²) in [7, 11) is 0. The summed E-state index contributed by atoms with van der Waals surface area (Å²) < 4.78 is -0.433. The predicted octanol–water partition coefficient (Wildman–Crippen LogP) is 5.81. The first-order valence-electron chi connectivity index (χ1n) is 12.0. The van der Waals surface area contributed by atoms with Gasteiger partial charge in [-0.05, 0) is 75.5 Å². The minimum atomic E-state index is -0.433. The lowest BCUT2D eigenvalue weighted by Crippen LogP contribution is -2.49. The maximum atomic E-state index is 6.52. The molecule has 0 bridgehead atoms. The van der Waals surface area contributed by atoms with Crippen LogP contribution in [0.5, 0.6) is 0 Å². The topological polar surface area (TPSA) is 6.48 Å². The van der Waals surface area contributed by atoms with Crippen LogP contribution < -0.4 is 0 Å². The molecule has 0 aromatic rings. The first-order chi connectivity index (χ1) is 13.1. The highest BCUT2D eigenvalue weighted by atomic mass is 35.5. The van der Waals surface area contributed by atoms with E-state index in [1.54, 1.807) is 0 Å². The number of alkyl halides is 2. The third-order valence-electron chi connectivity index (χ3n) is 9.83. The Morgan fingerprint density at radius 2 is 1.64 bits per heavy atom. The van der Waals surface area contributed by atoms with Crippen molar-refractivity contribution in [1.29, 1.82) is 0 Å². The first kappa shape index (κ1) is 20.4. The Morgan fingerprint density at radius 1 is 1.00 bits per heavy atom. The quantitative estimate of drug-likeness (QED) is 0.473. The molecule has 3 saturated carbocycles. The number of piperidine rings is 2. The van der Waals surface area contributed by atoms with Gasteiger partial charge in [0.15, 0.2) is 0 Å². The van der Waals surface area contributed by atoms with Crippen molar-refractivity contribution in [2.75, 3.05) is 13.1 Å². The van der Waals surface area contributed by atoms with Gasteiger partial charge in [0.25, 0.3) is 0 Å². The molecule has 5 rings (SSSR count). The van der Waals surface area contributed by atoms with E-state index in [2.05, 4.69) is 51.3 Å². The van der Waals surface area contributed by atoms with E-state index in [0.29, 0.717) is 35.4 Å². The second kappa shape index (κ2) is 6.27. The van der Waals surface area contributed by atoms with Gasteiger partial charge in [0, 0.05) is 49.1 Å². The van der Waals surface area contributed by atoms with Crippen molar-refractivity contribution in [2.24, 2.45) is 34.5 Å². The Hall–Kier alpha value is 0.500. The molecule has 2 nitrogen and oxygen atoms in total. The van der Waals surface area contributed by atoms with Gasteiger partial charge in [0.05, 0.1) is 0 Å². The molecular formula is C24H40Cl2N2. The molecule has 0 aromatic heterocycles. The largest absolute Gasteiger partial charge is 0.297 e. The van der Waals surface area contributed by atoms with Crippen molar-refractivity contribution in [1.82, 2.24) is 9.80 Å². The van der Waals surface area contributed by atoms with E-state index in [9.17, 15) is 0 Å². The summed E-state index contributed by atoms with van der Waals surface area (Å²) >= 11 is 13.0. The van der Waals surface area contributed by atoms with Crippen LogP contribution in [0.4, 0.5) is 0 Å². The van der Waals surface area contributed by atoms with Gasteiger partial charge in [-0.1, -0.05) is 20.8 Å². The second-order valence-electron chi connectivity index (χ2n) is 12.0. The average Bonchev–Trinajstić information content (AvgIpc) is 3.50. The molecule has 28 heavy (non-hydrogen) atoms. The van der Waals surface area contributed by atoms with Gasteiger partial charge in [-0.15, -0.1) is 23.2 Å². The summed E-state index contributed by atoms with van der Waals surface area (Å²) in [6, 6.07) is 2.69. The number of nitrogens with zero attached hydrogens (tertiary/aromatic N) is 2. The third kappa shape index (κ3) is 2.73. The highest BCUT2D eigenvalue weighted by Gasteiger charge is 2.78. The smallest absolute Gasteiger partial charge is 0.127 e. The van der Waals surface area contributed by atoms with Gasteiger partial charge in [0.2, 0.25) is 0 Å². The van der Waals surface area contributed by atoms with Crippen molar-refractivity contribution in [3.05, 3.63) is 0 Å². The maximum Gasteiger partial charge on any atom is 0.127 e. The molecule has 7 atom stereocenters. The van der Waals surface area contributed by atoms with E-state index in [0.717, 1.165) is 29.8 Å². The minimum absolute atomic E-state index is 0.400. The number of halogens is 2. The van der Waals surface area contributed by atoms with Crippen molar-refractivity contribution in [3.63, 3.8) is 0 Å². The minimum Gasteiger partial charge on any atom is -0.297 e. The summed E-state index contributed by atoms with van der Waals surface area (Å²) in [6.07, 6.45) is 6.84. The molecule has 0 N–H and O–H groups in total. The summed E-state index contributed by atoms with van der Waals surface area (Å²) in [6.45, 7) is 17.2. The van der Waals surface area contributed by atoms with Crippen molar-refractivity contribution in [2.45, 2.75) is 102 Å². The SMILES string of the molecule is CCC1[C@@H]2C(CN1C(C)CCC(C)(C)C1[C@@H]3[C@H](CN1C(C)C)C31CC1)C2(Cl)Cl. The zero-order valence-electron chi connectivity index (χ0n) is 18.7. The van der Waals surface area contributed by atoms with Crippen molar-refractivity contribution < 1.29 is 0 Å². The Kier molecular flexibility index (Phi) is 4.57. The molecule has 0 aromatic carbocycles. The predicted molar refractivity (Wildman–Crippen MR) is 119 cm³/mol. The Morgan fingerprint density at radius 3 is 2.21 bits per heavy atom. The summed E-state index contributed by atoms with van der Waals surface area (Å²) in [5, 5.41) is 0. The Balaban J connectivity index is 1.23. The number of likely N-dealkylation sites (tertiary alicyclic amines) is 2. The van der Waals surface area contributed by atoms with Crippen molar-refractivity contribution >= 4 is 23.2 Å². The van der Waals surface area contributed by atoms with E-state index in [1.807, 2.05) is 0 Å². The van der Waals surface area contributed by atoms with Gasteiger partial charge in [-0.3, -0.25) is 9.80 Å². The van der Waals surface area contributed by atoms with E-state index < -0.39 is 4.33 Å². The molecule has 160 valence electrons. The molecular weight excluding hydrogens is 387 g/mol. The first-order valence-corrected chi connectivity index (χ1v) is 12.7. The third-order valence-corrected chi connectivity index (χ3v) is 10.9. The van der Waals surface area contributed by atoms with E-state index >= 15 is 0 Å². The Labute approximate surface area is 182 Å². The van der Waals surface area contributed by atoms with Crippen LogP contribution in [0.1, 0.15) is 73.6 Å².